The number of hydrogen-bond donors (Lipinski definition) is 0. The van der Waals surface area contributed by atoms with Gasteiger partial charge in [0.2, 0.25) is 12.6 Å². The molecule has 168 valence electrons. The van der Waals surface area contributed by atoms with Gasteiger partial charge in [0.05, 0.1) is 19.4 Å². The summed E-state index contributed by atoms with van der Waals surface area (Å²) in [4.78, 5) is 14.9. The molecule has 0 spiro atoms. The number of methoxy groups -OCH3 is 1. The summed E-state index contributed by atoms with van der Waals surface area (Å²) in [6, 6.07) is 22.9. The summed E-state index contributed by atoms with van der Waals surface area (Å²) < 4.78 is 21.8. The van der Waals surface area contributed by atoms with Gasteiger partial charge in [-0.25, -0.2) is 9.80 Å². The lowest BCUT2D eigenvalue weighted by molar-refractivity contribution is -0.135. The highest BCUT2D eigenvalue weighted by Gasteiger charge is 2.41. The van der Waals surface area contributed by atoms with Crippen LogP contribution in [0.3, 0.4) is 0 Å². The van der Waals surface area contributed by atoms with Crippen LogP contribution in [0.5, 0.6) is 17.2 Å². The second-order valence-corrected chi connectivity index (χ2v) is 7.38. The monoisotopic (exact) mass is 445 g/mol. The maximum absolute atomic E-state index is 13.0. The Balaban J connectivity index is 1.66. The molecule has 0 saturated carbocycles. The minimum Gasteiger partial charge on any atom is -0.497 e. The Labute approximate surface area is 191 Å². The van der Waals surface area contributed by atoms with Crippen LogP contribution in [0.1, 0.15) is 18.7 Å². The molecule has 33 heavy (non-hydrogen) atoms. The van der Waals surface area contributed by atoms with Crippen molar-refractivity contribution in [1.29, 1.82) is 0 Å². The van der Waals surface area contributed by atoms with Gasteiger partial charge in [-0.3, -0.25) is 4.90 Å². The van der Waals surface area contributed by atoms with E-state index in [1.54, 1.807) is 14.0 Å². The molecule has 3 aromatic rings. The minimum absolute atomic E-state index is 0.179. The molecule has 0 amide bonds. The fourth-order valence-electron chi connectivity index (χ4n) is 3.91. The van der Waals surface area contributed by atoms with Gasteiger partial charge in [0, 0.05) is 11.3 Å². The maximum atomic E-state index is 13.0. The first-order valence-corrected chi connectivity index (χ1v) is 10.6. The van der Waals surface area contributed by atoms with Crippen LogP contribution < -0.4 is 24.1 Å². The fourth-order valence-corrected chi connectivity index (χ4v) is 3.91. The summed E-state index contributed by atoms with van der Waals surface area (Å²) in [5, 5.41) is 6.54. The summed E-state index contributed by atoms with van der Waals surface area (Å²) in [6.45, 7) is 2.20. The van der Waals surface area contributed by atoms with E-state index in [2.05, 4.69) is 0 Å². The highest BCUT2D eigenvalue weighted by atomic mass is 16.7. The highest BCUT2D eigenvalue weighted by Crippen LogP contribution is 2.42. The van der Waals surface area contributed by atoms with Crippen LogP contribution in [0.25, 0.3) is 0 Å². The summed E-state index contributed by atoms with van der Waals surface area (Å²) in [5.41, 5.74) is 2.48. The molecule has 2 aliphatic heterocycles. The second-order valence-electron chi connectivity index (χ2n) is 7.38. The number of amidine groups is 1. The molecule has 8 heteroatoms. The van der Waals surface area contributed by atoms with Gasteiger partial charge in [-0.2, -0.15) is 0 Å². The third kappa shape index (κ3) is 3.80. The quantitative estimate of drug-likeness (QED) is 0.523. The topological polar surface area (TPSA) is 72.8 Å². The number of carbonyl (C=O) groups is 1. The molecular formula is C25H23N3O5. The van der Waals surface area contributed by atoms with E-state index in [-0.39, 0.29) is 19.2 Å². The number of carbonyl (C=O) groups excluding carboxylic acids is 1. The lowest BCUT2D eigenvalue weighted by atomic mass is 10.1. The number of fused-ring (bicyclic) bond motifs is 1. The van der Waals surface area contributed by atoms with E-state index >= 15 is 0 Å². The second kappa shape index (κ2) is 8.74. The maximum Gasteiger partial charge on any atom is 0.376 e. The number of rotatable bonds is 6. The number of hydrazone groups is 1. The van der Waals surface area contributed by atoms with Crippen molar-refractivity contribution in [3.8, 4) is 17.2 Å². The van der Waals surface area contributed by atoms with Crippen LogP contribution in [0.2, 0.25) is 0 Å². The van der Waals surface area contributed by atoms with E-state index in [4.69, 9.17) is 24.0 Å². The van der Waals surface area contributed by atoms with Crippen LogP contribution in [-0.2, 0) is 9.53 Å². The highest BCUT2D eigenvalue weighted by molar-refractivity contribution is 6.42. The van der Waals surface area contributed by atoms with Gasteiger partial charge < -0.3 is 18.9 Å². The summed E-state index contributed by atoms with van der Waals surface area (Å²) in [5.74, 6) is 1.74. The van der Waals surface area contributed by atoms with Gasteiger partial charge >= 0.3 is 5.97 Å². The Morgan fingerprint density at radius 1 is 1.00 bits per heavy atom. The first-order chi connectivity index (χ1) is 16.2. The van der Waals surface area contributed by atoms with E-state index in [0.29, 0.717) is 17.2 Å². The zero-order valence-corrected chi connectivity index (χ0v) is 18.3. The first-order valence-electron chi connectivity index (χ1n) is 10.6. The molecule has 1 unspecified atom stereocenters. The molecule has 0 fully saturated rings. The van der Waals surface area contributed by atoms with Crippen molar-refractivity contribution in [3.05, 3.63) is 78.4 Å². The number of hydrogen-bond acceptors (Lipinski definition) is 8. The van der Waals surface area contributed by atoms with Crippen LogP contribution in [0, 0.1) is 0 Å². The number of nitrogens with zero attached hydrogens (tertiary/aromatic N) is 3. The molecule has 0 saturated heterocycles. The van der Waals surface area contributed by atoms with E-state index in [9.17, 15) is 4.79 Å². The van der Waals surface area contributed by atoms with Crippen molar-refractivity contribution in [2.75, 3.05) is 30.4 Å². The number of esters is 1. The molecule has 1 atom stereocenters. The Hall–Kier alpha value is -4.20. The summed E-state index contributed by atoms with van der Waals surface area (Å²) in [7, 11) is 1.61. The lowest BCUT2D eigenvalue weighted by Gasteiger charge is -2.32. The van der Waals surface area contributed by atoms with Crippen LogP contribution in [0.15, 0.2) is 77.9 Å². The SMILES string of the molecule is CCOC(=O)C1=NN(c2ccccc2)C(c2ccc3c(c2)OCO3)N1c1ccc(OC)cc1. The Kier molecular flexibility index (Phi) is 5.48. The zero-order valence-electron chi connectivity index (χ0n) is 18.3. The van der Waals surface area contributed by atoms with E-state index in [0.717, 1.165) is 16.9 Å². The van der Waals surface area contributed by atoms with Gasteiger partial charge in [-0.05, 0) is 55.5 Å². The Bertz CT molecular complexity index is 1180. The van der Waals surface area contributed by atoms with Crippen molar-refractivity contribution in [1.82, 2.24) is 0 Å². The predicted octanol–water partition coefficient (Wildman–Crippen LogP) is 4.33. The first kappa shape index (κ1) is 20.7. The van der Waals surface area contributed by atoms with Crippen molar-refractivity contribution >= 4 is 23.2 Å². The average Bonchev–Trinajstić information content (AvgIpc) is 3.49. The molecule has 8 nitrogen and oxygen atoms in total. The molecule has 0 aliphatic carbocycles. The third-order valence-corrected chi connectivity index (χ3v) is 5.43. The number of ether oxygens (including phenoxy) is 4. The van der Waals surface area contributed by atoms with Crippen molar-refractivity contribution < 1.29 is 23.7 Å². The van der Waals surface area contributed by atoms with Gasteiger partial charge in [-0.15, -0.1) is 5.10 Å². The predicted molar refractivity (Wildman–Crippen MR) is 124 cm³/mol. The third-order valence-electron chi connectivity index (χ3n) is 5.43. The lowest BCUT2D eigenvalue weighted by Crippen LogP contribution is -2.39. The average molecular weight is 445 g/mol. The summed E-state index contributed by atoms with van der Waals surface area (Å²) >= 11 is 0. The van der Waals surface area contributed by atoms with Crippen molar-refractivity contribution in [2.45, 2.75) is 13.1 Å². The molecular weight excluding hydrogens is 422 g/mol. The number of para-hydroxylation sites is 1. The molecule has 5 rings (SSSR count). The van der Waals surface area contributed by atoms with Gasteiger partial charge in [0.1, 0.15) is 5.75 Å². The normalized spacial score (nSPS) is 16.5. The fraction of sp³-hybridized carbons (Fsp3) is 0.200. The summed E-state index contributed by atoms with van der Waals surface area (Å²) in [6.07, 6.45) is -0.463. The molecule has 0 bridgehead atoms. The Morgan fingerprint density at radius 3 is 2.48 bits per heavy atom. The van der Waals surface area contributed by atoms with E-state index in [1.165, 1.54) is 0 Å². The number of anilines is 2. The van der Waals surface area contributed by atoms with Crippen molar-refractivity contribution in [2.24, 2.45) is 5.10 Å². The van der Waals surface area contributed by atoms with Crippen molar-refractivity contribution in [3.63, 3.8) is 0 Å². The van der Waals surface area contributed by atoms with Crippen LogP contribution in [-0.4, -0.2) is 32.3 Å². The molecule has 3 aromatic carbocycles. The largest absolute Gasteiger partial charge is 0.497 e. The van der Waals surface area contributed by atoms with Gasteiger partial charge in [-0.1, -0.05) is 24.3 Å². The molecule has 0 radical (unpaired) electrons. The molecule has 2 aliphatic rings. The smallest absolute Gasteiger partial charge is 0.376 e. The Morgan fingerprint density at radius 2 is 1.76 bits per heavy atom. The zero-order chi connectivity index (χ0) is 22.8. The van der Waals surface area contributed by atoms with Gasteiger partial charge in [0.15, 0.2) is 17.7 Å². The van der Waals surface area contributed by atoms with Crippen LogP contribution >= 0.6 is 0 Å². The molecule has 0 aromatic heterocycles. The molecule has 0 N–H and O–H groups in total. The van der Waals surface area contributed by atoms with Crippen LogP contribution in [0.4, 0.5) is 11.4 Å². The number of benzene rings is 3. The van der Waals surface area contributed by atoms with E-state index < -0.39 is 12.1 Å². The minimum atomic E-state index is -0.502. The van der Waals surface area contributed by atoms with Gasteiger partial charge in [0.25, 0.3) is 0 Å². The molecule has 2 heterocycles. The standard InChI is InChI=1S/C25H23N3O5/c1-3-31-25(29)23-26-28(19-7-5-4-6-8-19)24(17-9-14-21-22(15-17)33-16-32-21)27(23)18-10-12-20(30-2)13-11-18/h4-15,24H,3,16H2,1-2H3. The van der Waals surface area contributed by atoms with E-state index in [1.807, 2.05) is 82.7 Å².